The van der Waals surface area contributed by atoms with Crippen molar-refractivity contribution in [3.63, 3.8) is 0 Å². The van der Waals surface area contributed by atoms with Gasteiger partial charge in [0, 0.05) is 12.0 Å². The Morgan fingerprint density at radius 1 is 1.50 bits per heavy atom. The molecule has 1 heterocycles. The summed E-state index contributed by atoms with van der Waals surface area (Å²) >= 11 is 3.06. The van der Waals surface area contributed by atoms with Crippen molar-refractivity contribution in [2.75, 3.05) is 0 Å². The molecule has 2 rings (SSSR count). The van der Waals surface area contributed by atoms with Crippen molar-refractivity contribution in [2.45, 2.75) is 31.8 Å². The van der Waals surface area contributed by atoms with E-state index in [2.05, 4.69) is 15.9 Å². The summed E-state index contributed by atoms with van der Waals surface area (Å²) in [6.07, 6.45) is -0.378. The van der Waals surface area contributed by atoms with Gasteiger partial charge < -0.3 is 15.7 Å². The molecule has 2 amide bonds. The first-order valence-electron chi connectivity index (χ1n) is 6.56. The van der Waals surface area contributed by atoms with Crippen molar-refractivity contribution >= 4 is 33.7 Å². The van der Waals surface area contributed by atoms with Gasteiger partial charge in [-0.25, -0.2) is 4.39 Å². The summed E-state index contributed by atoms with van der Waals surface area (Å²) in [4.78, 5) is 36.0. The molecule has 0 aromatic heterocycles. The molecule has 0 saturated carbocycles. The minimum atomic E-state index is -1.09. The van der Waals surface area contributed by atoms with Crippen LogP contribution in [0.1, 0.15) is 41.7 Å². The molecule has 1 aliphatic heterocycles. The quantitative estimate of drug-likeness (QED) is 0.822. The smallest absolute Gasteiger partial charge is 0.303 e. The molecule has 1 aliphatic rings. The molecule has 1 aromatic rings. The van der Waals surface area contributed by atoms with Gasteiger partial charge in [-0.05, 0) is 47.0 Å². The van der Waals surface area contributed by atoms with Gasteiger partial charge in [0.25, 0.3) is 5.91 Å². The van der Waals surface area contributed by atoms with Gasteiger partial charge in [0.1, 0.15) is 11.9 Å². The van der Waals surface area contributed by atoms with E-state index >= 15 is 0 Å². The maximum absolute atomic E-state index is 13.6. The Morgan fingerprint density at radius 3 is 2.68 bits per heavy atom. The van der Waals surface area contributed by atoms with Crippen molar-refractivity contribution in [3.05, 3.63) is 33.5 Å². The Kier molecular flexibility index (Phi) is 4.50. The van der Waals surface area contributed by atoms with E-state index in [4.69, 9.17) is 10.8 Å². The lowest BCUT2D eigenvalue weighted by atomic mass is 10.0. The number of fused-ring (bicyclic) bond motifs is 1. The molecule has 1 aromatic carbocycles. The van der Waals surface area contributed by atoms with Gasteiger partial charge >= 0.3 is 5.97 Å². The van der Waals surface area contributed by atoms with Gasteiger partial charge in [0.05, 0.1) is 10.5 Å². The van der Waals surface area contributed by atoms with Crippen LogP contribution in [-0.2, 0) is 9.59 Å². The fourth-order valence-corrected chi connectivity index (χ4v) is 3.01. The molecule has 2 atom stereocenters. The van der Waals surface area contributed by atoms with Crippen molar-refractivity contribution in [1.29, 1.82) is 0 Å². The summed E-state index contributed by atoms with van der Waals surface area (Å²) in [5.41, 5.74) is 6.04. The maximum atomic E-state index is 13.6. The first-order valence-corrected chi connectivity index (χ1v) is 7.36. The summed E-state index contributed by atoms with van der Waals surface area (Å²) in [6.45, 7) is 1.69. The maximum Gasteiger partial charge on any atom is 0.303 e. The van der Waals surface area contributed by atoms with E-state index in [0.717, 1.165) is 6.07 Å². The number of halogens is 2. The predicted molar refractivity (Wildman–Crippen MR) is 78.5 cm³/mol. The number of carbonyl (C=O) groups is 3. The molecule has 3 N–H and O–H groups in total. The molecule has 0 unspecified atom stereocenters. The van der Waals surface area contributed by atoms with Crippen LogP contribution in [0.15, 0.2) is 16.6 Å². The highest BCUT2D eigenvalue weighted by Gasteiger charge is 2.41. The van der Waals surface area contributed by atoms with Crippen LogP contribution in [-0.4, -0.2) is 33.8 Å². The first kappa shape index (κ1) is 16.4. The number of rotatable bonds is 5. The van der Waals surface area contributed by atoms with E-state index in [-0.39, 0.29) is 22.9 Å². The van der Waals surface area contributed by atoms with Crippen LogP contribution in [0.25, 0.3) is 0 Å². The SMILES string of the molecule is C[C@@H]1c2cc(Br)c(F)cc2C(=O)N1[C@@H](CCC(=O)O)C(N)=O. The zero-order valence-corrected chi connectivity index (χ0v) is 13.3. The van der Waals surface area contributed by atoms with Crippen LogP contribution in [0.3, 0.4) is 0 Å². The average Bonchev–Trinajstić information content (AvgIpc) is 2.64. The van der Waals surface area contributed by atoms with Crippen LogP contribution in [0.5, 0.6) is 0 Å². The third-order valence-electron chi connectivity index (χ3n) is 3.72. The standard InChI is InChI=1S/C14H14BrFN2O4/c1-6-7-4-9(15)10(16)5-8(7)14(22)18(6)11(13(17)21)2-3-12(19)20/h4-6,11H,2-3H2,1H3,(H2,17,21)(H,19,20)/t6-,11+/m1/s1. The molecule has 0 saturated heterocycles. The zero-order valence-electron chi connectivity index (χ0n) is 11.7. The second-order valence-corrected chi connectivity index (χ2v) is 5.95. The highest BCUT2D eigenvalue weighted by atomic mass is 79.9. The zero-order chi connectivity index (χ0) is 16.6. The second kappa shape index (κ2) is 6.04. The minimum absolute atomic E-state index is 0.0849. The topological polar surface area (TPSA) is 101 Å². The molecule has 0 fully saturated rings. The molecule has 0 bridgehead atoms. The third kappa shape index (κ3) is 2.83. The summed E-state index contributed by atoms with van der Waals surface area (Å²) in [6, 6.07) is 1.05. The van der Waals surface area contributed by atoms with E-state index in [1.807, 2.05) is 0 Å². The van der Waals surface area contributed by atoms with Crippen LogP contribution in [0.2, 0.25) is 0 Å². The van der Waals surface area contributed by atoms with Gasteiger partial charge in [0.2, 0.25) is 5.91 Å². The van der Waals surface area contributed by atoms with Gasteiger partial charge in [-0.1, -0.05) is 0 Å². The van der Waals surface area contributed by atoms with Crippen LogP contribution >= 0.6 is 15.9 Å². The highest BCUT2D eigenvalue weighted by molar-refractivity contribution is 9.10. The number of primary amides is 1. The largest absolute Gasteiger partial charge is 0.481 e. The monoisotopic (exact) mass is 372 g/mol. The fraction of sp³-hybridized carbons (Fsp3) is 0.357. The van der Waals surface area contributed by atoms with Crippen molar-refractivity contribution in [2.24, 2.45) is 5.73 Å². The Labute approximate surface area is 134 Å². The van der Waals surface area contributed by atoms with Crippen LogP contribution in [0, 0.1) is 5.82 Å². The van der Waals surface area contributed by atoms with Crippen molar-refractivity contribution < 1.29 is 23.9 Å². The Bertz CT molecular complexity index is 664. The lowest BCUT2D eigenvalue weighted by molar-refractivity contribution is -0.137. The summed E-state index contributed by atoms with van der Waals surface area (Å²) < 4.78 is 13.8. The van der Waals surface area contributed by atoms with E-state index in [9.17, 15) is 18.8 Å². The van der Waals surface area contributed by atoms with Crippen molar-refractivity contribution in [1.82, 2.24) is 4.90 Å². The number of carbonyl (C=O) groups excluding carboxylic acids is 2. The molecule has 8 heteroatoms. The molecular formula is C14H14BrFN2O4. The average molecular weight is 373 g/mol. The minimum Gasteiger partial charge on any atom is -0.481 e. The number of carboxylic acids is 1. The number of aliphatic carboxylic acids is 1. The Morgan fingerprint density at radius 2 is 2.14 bits per heavy atom. The molecule has 0 radical (unpaired) electrons. The number of nitrogens with zero attached hydrogens (tertiary/aromatic N) is 1. The number of amides is 2. The van der Waals surface area contributed by atoms with Crippen LogP contribution in [0.4, 0.5) is 4.39 Å². The molecular weight excluding hydrogens is 359 g/mol. The van der Waals surface area contributed by atoms with E-state index in [0.29, 0.717) is 5.56 Å². The second-order valence-electron chi connectivity index (χ2n) is 5.09. The lowest BCUT2D eigenvalue weighted by Crippen LogP contribution is -2.46. The number of nitrogens with two attached hydrogens (primary N) is 1. The normalized spacial score (nSPS) is 18.2. The van der Waals surface area contributed by atoms with Gasteiger partial charge in [-0.2, -0.15) is 0 Å². The molecule has 6 nitrogen and oxygen atoms in total. The number of benzene rings is 1. The van der Waals surface area contributed by atoms with E-state index in [1.165, 1.54) is 11.0 Å². The molecule has 118 valence electrons. The molecule has 0 spiro atoms. The fourth-order valence-electron chi connectivity index (χ4n) is 2.65. The number of hydrogen-bond acceptors (Lipinski definition) is 3. The Balaban J connectivity index is 2.38. The van der Waals surface area contributed by atoms with Crippen LogP contribution < -0.4 is 5.73 Å². The summed E-state index contributed by atoms with van der Waals surface area (Å²) in [5, 5.41) is 8.75. The molecule has 22 heavy (non-hydrogen) atoms. The van der Waals surface area contributed by atoms with Crippen molar-refractivity contribution in [3.8, 4) is 0 Å². The first-order chi connectivity index (χ1) is 10.2. The number of hydrogen-bond donors (Lipinski definition) is 2. The highest BCUT2D eigenvalue weighted by Crippen LogP contribution is 2.38. The van der Waals surface area contributed by atoms with E-state index in [1.54, 1.807) is 6.92 Å². The number of carboxylic acid groups (broad SMARTS) is 1. The summed E-state index contributed by atoms with van der Waals surface area (Å²) in [5.74, 6) is -2.98. The van der Waals surface area contributed by atoms with Gasteiger partial charge in [0.15, 0.2) is 0 Å². The Hall–Kier alpha value is -1.96. The third-order valence-corrected chi connectivity index (χ3v) is 4.33. The molecule has 0 aliphatic carbocycles. The van der Waals surface area contributed by atoms with E-state index < -0.39 is 35.7 Å². The van der Waals surface area contributed by atoms with Gasteiger partial charge in [-0.3, -0.25) is 14.4 Å². The lowest BCUT2D eigenvalue weighted by Gasteiger charge is -2.29. The van der Waals surface area contributed by atoms with Gasteiger partial charge in [-0.15, -0.1) is 0 Å². The predicted octanol–water partition coefficient (Wildman–Crippen LogP) is 1.82. The summed E-state index contributed by atoms with van der Waals surface area (Å²) in [7, 11) is 0.